The molecule has 106 valence electrons. The smallest absolute Gasteiger partial charge is 0.133 e. The minimum absolute atomic E-state index is 0.285. The van der Waals surface area contributed by atoms with Crippen LogP contribution in [0.5, 0.6) is 11.5 Å². The molecule has 0 bridgehead atoms. The van der Waals surface area contributed by atoms with Gasteiger partial charge < -0.3 is 10.1 Å². The number of aryl methyl sites for hydroxylation is 2. The van der Waals surface area contributed by atoms with Crippen LogP contribution in [0, 0.1) is 19.7 Å². The maximum absolute atomic E-state index is 13.3. The Labute approximate surface area is 119 Å². The summed E-state index contributed by atoms with van der Waals surface area (Å²) in [5, 5.41) is 3.29. The average Bonchev–Trinajstić information content (AvgIpc) is 2.43. The Kier molecular flexibility index (Phi) is 4.74. The van der Waals surface area contributed by atoms with E-state index in [9.17, 15) is 4.39 Å². The summed E-state index contributed by atoms with van der Waals surface area (Å²) in [5.74, 6) is 1.04. The van der Waals surface area contributed by atoms with Gasteiger partial charge in [0.15, 0.2) is 0 Å². The molecule has 2 nitrogen and oxygen atoms in total. The van der Waals surface area contributed by atoms with Crippen LogP contribution in [-0.4, -0.2) is 6.54 Å². The van der Waals surface area contributed by atoms with Gasteiger partial charge in [0.1, 0.15) is 17.3 Å². The number of rotatable bonds is 5. The topological polar surface area (TPSA) is 21.3 Å². The van der Waals surface area contributed by atoms with Crippen molar-refractivity contribution >= 4 is 0 Å². The number of ether oxygens (including phenoxy) is 1. The Balaban J connectivity index is 2.19. The lowest BCUT2D eigenvalue weighted by molar-refractivity contribution is 0.469. The van der Waals surface area contributed by atoms with Gasteiger partial charge in [0.25, 0.3) is 0 Å². The molecule has 0 unspecified atom stereocenters. The molecule has 0 radical (unpaired) electrons. The molecule has 0 aliphatic heterocycles. The Hall–Kier alpha value is -1.87. The van der Waals surface area contributed by atoms with E-state index in [1.807, 2.05) is 26.0 Å². The Morgan fingerprint density at radius 2 is 1.80 bits per heavy atom. The lowest BCUT2D eigenvalue weighted by Crippen LogP contribution is -2.11. The largest absolute Gasteiger partial charge is 0.457 e. The van der Waals surface area contributed by atoms with E-state index in [0.29, 0.717) is 5.75 Å². The number of hydrogen-bond acceptors (Lipinski definition) is 2. The minimum atomic E-state index is -0.285. The molecule has 0 aliphatic rings. The van der Waals surface area contributed by atoms with E-state index in [-0.39, 0.29) is 5.82 Å². The quantitative estimate of drug-likeness (QED) is 0.874. The normalized spacial score (nSPS) is 10.6. The molecule has 0 saturated heterocycles. The summed E-state index contributed by atoms with van der Waals surface area (Å²) in [6.45, 7) is 7.77. The molecule has 0 atom stereocenters. The highest BCUT2D eigenvalue weighted by atomic mass is 19.1. The zero-order valence-corrected chi connectivity index (χ0v) is 12.2. The van der Waals surface area contributed by atoms with Gasteiger partial charge in [0, 0.05) is 12.6 Å². The minimum Gasteiger partial charge on any atom is -0.457 e. The predicted molar refractivity (Wildman–Crippen MR) is 79.8 cm³/mol. The molecule has 1 N–H and O–H groups in total. The number of nitrogens with one attached hydrogen (secondary N) is 1. The summed E-state index contributed by atoms with van der Waals surface area (Å²) >= 11 is 0. The van der Waals surface area contributed by atoms with Gasteiger partial charge in [-0.1, -0.05) is 25.1 Å². The highest BCUT2D eigenvalue weighted by molar-refractivity contribution is 5.42. The molecule has 0 saturated carbocycles. The van der Waals surface area contributed by atoms with Gasteiger partial charge in [-0.2, -0.15) is 0 Å². The van der Waals surface area contributed by atoms with Crippen molar-refractivity contribution in [3.8, 4) is 11.5 Å². The second kappa shape index (κ2) is 6.53. The summed E-state index contributed by atoms with van der Waals surface area (Å²) in [6, 6.07) is 10.6. The summed E-state index contributed by atoms with van der Waals surface area (Å²) < 4.78 is 19.1. The number of benzene rings is 2. The van der Waals surface area contributed by atoms with Crippen LogP contribution in [0.4, 0.5) is 4.39 Å². The van der Waals surface area contributed by atoms with E-state index in [4.69, 9.17) is 4.74 Å². The molecule has 0 amide bonds. The summed E-state index contributed by atoms with van der Waals surface area (Å²) in [6.07, 6.45) is 0. The molecule has 0 spiro atoms. The Morgan fingerprint density at radius 3 is 2.50 bits per heavy atom. The molecule has 2 aromatic rings. The van der Waals surface area contributed by atoms with Crippen LogP contribution in [-0.2, 0) is 6.54 Å². The van der Waals surface area contributed by atoms with Crippen molar-refractivity contribution in [1.82, 2.24) is 5.32 Å². The van der Waals surface area contributed by atoms with Crippen molar-refractivity contribution in [2.75, 3.05) is 6.54 Å². The van der Waals surface area contributed by atoms with Crippen molar-refractivity contribution in [3.63, 3.8) is 0 Å². The lowest BCUT2D eigenvalue weighted by Gasteiger charge is -2.12. The maximum atomic E-state index is 13.3. The fourth-order valence-corrected chi connectivity index (χ4v) is 2.01. The fraction of sp³-hybridized carbons (Fsp3) is 0.294. The monoisotopic (exact) mass is 273 g/mol. The lowest BCUT2D eigenvalue weighted by atomic mass is 10.1. The van der Waals surface area contributed by atoms with Gasteiger partial charge in [0.2, 0.25) is 0 Å². The molecule has 3 heteroatoms. The van der Waals surface area contributed by atoms with E-state index < -0.39 is 0 Å². The Bertz CT molecular complexity index is 596. The van der Waals surface area contributed by atoms with Crippen molar-refractivity contribution < 1.29 is 9.13 Å². The van der Waals surface area contributed by atoms with Gasteiger partial charge in [0.05, 0.1) is 0 Å². The fourth-order valence-electron chi connectivity index (χ4n) is 2.01. The first-order valence-electron chi connectivity index (χ1n) is 6.84. The third kappa shape index (κ3) is 3.58. The molecular formula is C17H20FNO. The van der Waals surface area contributed by atoms with Gasteiger partial charge in [-0.25, -0.2) is 4.39 Å². The van der Waals surface area contributed by atoms with Crippen LogP contribution in [0.2, 0.25) is 0 Å². The Morgan fingerprint density at radius 1 is 1.00 bits per heavy atom. The van der Waals surface area contributed by atoms with Gasteiger partial charge in [-0.15, -0.1) is 0 Å². The second-order valence-corrected chi connectivity index (χ2v) is 4.89. The third-order valence-corrected chi connectivity index (χ3v) is 3.19. The van der Waals surface area contributed by atoms with Crippen molar-refractivity contribution in [2.24, 2.45) is 0 Å². The molecule has 0 aromatic heterocycles. The molecule has 0 aliphatic carbocycles. The first kappa shape index (κ1) is 14.5. The van der Waals surface area contributed by atoms with Crippen molar-refractivity contribution in [2.45, 2.75) is 27.3 Å². The first-order chi connectivity index (χ1) is 9.60. The zero-order chi connectivity index (χ0) is 14.5. The number of halogens is 1. The zero-order valence-electron chi connectivity index (χ0n) is 12.2. The SMILES string of the molecule is CCNCc1ccc(Oc2cc(F)ccc2C)c(C)c1. The van der Waals surface area contributed by atoms with Crippen LogP contribution in [0.1, 0.15) is 23.6 Å². The van der Waals surface area contributed by atoms with E-state index in [1.54, 1.807) is 6.07 Å². The van der Waals surface area contributed by atoms with Crippen molar-refractivity contribution in [1.29, 1.82) is 0 Å². The van der Waals surface area contributed by atoms with Crippen LogP contribution < -0.4 is 10.1 Å². The van der Waals surface area contributed by atoms with Crippen LogP contribution >= 0.6 is 0 Å². The molecule has 2 aromatic carbocycles. The van der Waals surface area contributed by atoms with E-state index in [1.165, 1.54) is 17.7 Å². The summed E-state index contributed by atoms with van der Waals surface area (Å²) in [7, 11) is 0. The van der Waals surface area contributed by atoms with Crippen LogP contribution in [0.25, 0.3) is 0 Å². The van der Waals surface area contributed by atoms with Crippen LogP contribution in [0.3, 0.4) is 0 Å². The average molecular weight is 273 g/mol. The van der Waals surface area contributed by atoms with E-state index >= 15 is 0 Å². The first-order valence-corrected chi connectivity index (χ1v) is 6.84. The number of hydrogen-bond donors (Lipinski definition) is 1. The van der Waals surface area contributed by atoms with E-state index in [2.05, 4.69) is 18.3 Å². The maximum Gasteiger partial charge on any atom is 0.133 e. The predicted octanol–water partition coefficient (Wildman–Crippen LogP) is 4.34. The van der Waals surface area contributed by atoms with E-state index in [0.717, 1.165) is 30.0 Å². The van der Waals surface area contributed by atoms with Crippen LogP contribution in [0.15, 0.2) is 36.4 Å². The third-order valence-electron chi connectivity index (χ3n) is 3.19. The van der Waals surface area contributed by atoms with Crippen molar-refractivity contribution in [3.05, 3.63) is 58.9 Å². The molecular weight excluding hydrogens is 253 g/mol. The highest BCUT2D eigenvalue weighted by Crippen LogP contribution is 2.28. The highest BCUT2D eigenvalue weighted by Gasteiger charge is 2.06. The van der Waals surface area contributed by atoms with Gasteiger partial charge >= 0.3 is 0 Å². The van der Waals surface area contributed by atoms with Gasteiger partial charge in [-0.05, 0) is 49.2 Å². The second-order valence-electron chi connectivity index (χ2n) is 4.89. The standard InChI is InChI=1S/C17H20FNO/c1-4-19-11-14-6-8-16(13(3)9-14)20-17-10-15(18)7-5-12(17)2/h5-10,19H,4,11H2,1-3H3. The molecule has 0 heterocycles. The summed E-state index contributed by atoms with van der Waals surface area (Å²) in [5.41, 5.74) is 3.18. The molecule has 2 rings (SSSR count). The molecule has 20 heavy (non-hydrogen) atoms. The van der Waals surface area contributed by atoms with Gasteiger partial charge in [-0.3, -0.25) is 0 Å². The molecule has 0 fully saturated rings. The summed E-state index contributed by atoms with van der Waals surface area (Å²) in [4.78, 5) is 0.